The maximum Gasteiger partial charge on any atom is 0.287 e. The van der Waals surface area contributed by atoms with E-state index in [1.807, 2.05) is 0 Å². The number of aromatic nitrogens is 1. The summed E-state index contributed by atoms with van der Waals surface area (Å²) in [6.45, 7) is 4.24. The Labute approximate surface area is 105 Å². The first-order chi connectivity index (χ1) is 8.45. The molecule has 0 spiro atoms. The lowest BCUT2D eigenvalue weighted by Gasteiger charge is -2.08. The molecule has 1 rings (SSSR count). The molecule has 0 aromatic carbocycles. The number of nitro groups is 1. The summed E-state index contributed by atoms with van der Waals surface area (Å²) in [5, 5.41) is 22.3. The molecular formula is C11H17N3O4. The van der Waals surface area contributed by atoms with Gasteiger partial charge in [-0.25, -0.2) is 0 Å². The summed E-state index contributed by atoms with van der Waals surface area (Å²) in [4.78, 5) is 21.9. The number of hydrogen-bond acceptors (Lipinski definition) is 4. The molecule has 0 saturated carbocycles. The summed E-state index contributed by atoms with van der Waals surface area (Å²) in [6.07, 6.45) is 1.29. The molecule has 0 bridgehead atoms. The lowest BCUT2D eigenvalue weighted by molar-refractivity contribution is -0.384. The second-order valence-corrected chi connectivity index (χ2v) is 4.02. The highest BCUT2D eigenvalue weighted by atomic mass is 16.6. The van der Waals surface area contributed by atoms with E-state index < -0.39 is 11.0 Å². The number of aliphatic hydroxyl groups is 1. The van der Waals surface area contributed by atoms with Crippen molar-refractivity contribution in [2.75, 3.05) is 6.54 Å². The van der Waals surface area contributed by atoms with Crippen molar-refractivity contribution in [1.82, 2.24) is 9.88 Å². The molecule has 0 aliphatic rings. The second-order valence-electron chi connectivity index (χ2n) is 4.02. The lowest BCUT2D eigenvalue weighted by atomic mass is 10.3. The summed E-state index contributed by atoms with van der Waals surface area (Å²) in [6, 6.07) is 1.25. The van der Waals surface area contributed by atoms with E-state index in [0.717, 1.165) is 0 Å². The molecule has 1 aromatic heterocycles. The highest BCUT2D eigenvalue weighted by molar-refractivity contribution is 5.93. The zero-order valence-corrected chi connectivity index (χ0v) is 10.4. The number of aryl methyl sites for hydroxylation is 1. The predicted molar refractivity (Wildman–Crippen MR) is 65.4 cm³/mol. The van der Waals surface area contributed by atoms with Crippen molar-refractivity contribution in [2.24, 2.45) is 0 Å². The largest absolute Gasteiger partial charge is 0.393 e. The maximum absolute atomic E-state index is 11.8. The summed E-state index contributed by atoms with van der Waals surface area (Å²) in [5.74, 6) is -0.370. The van der Waals surface area contributed by atoms with Crippen molar-refractivity contribution in [3.05, 3.63) is 28.1 Å². The van der Waals surface area contributed by atoms with Gasteiger partial charge in [0.2, 0.25) is 0 Å². The topological polar surface area (TPSA) is 97.4 Å². The van der Waals surface area contributed by atoms with Crippen LogP contribution in [0, 0.1) is 10.1 Å². The van der Waals surface area contributed by atoms with Gasteiger partial charge in [0.1, 0.15) is 5.69 Å². The summed E-state index contributed by atoms with van der Waals surface area (Å²) < 4.78 is 1.52. The average molecular weight is 255 g/mol. The van der Waals surface area contributed by atoms with E-state index in [1.165, 1.54) is 16.8 Å². The molecule has 0 aliphatic heterocycles. The predicted octanol–water partition coefficient (Wildman–Crippen LogP) is 0.917. The van der Waals surface area contributed by atoms with Gasteiger partial charge in [-0.15, -0.1) is 0 Å². The van der Waals surface area contributed by atoms with Crippen LogP contribution in [-0.4, -0.2) is 33.2 Å². The lowest BCUT2D eigenvalue weighted by Crippen LogP contribution is -2.28. The van der Waals surface area contributed by atoms with Gasteiger partial charge in [-0.1, -0.05) is 0 Å². The molecule has 7 heteroatoms. The zero-order valence-electron chi connectivity index (χ0n) is 10.4. The van der Waals surface area contributed by atoms with Crippen LogP contribution in [0.2, 0.25) is 0 Å². The van der Waals surface area contributed by atoms with Crippen LogP contribution >= 0.6 is 0 Å². The molecule has 18 heavy (non-hydrogen) atoms. The van der Waals surface area contributed by atoms with E-state index in [0.29, 0.717) is 19.5 Å². The van der Waals surface area contributed by atoms with Crippen LogP contribution in [0.25, 0.3) is 0 Å². The van der Waals surface area contributed by atoms with Gasteiger partial charge in [0.15, 0.2) is 0 Å². The third-order valence-electron chi connectivity index (χ3n) is 2.51. The number of nitrogens with zero attached hydrogens (tertiary/aromatic N) is 2. The Morgan fingerprint density at radius 1 is 1.67 bits per heavy atom. The molecule has 0 radical (unpaired) electrons. The third-order valence-corrected chi connectivity index (χ3v) is 2.51. The van der Waals surface area contributed by atoms with Gasteiger partial charge in [-0.3, -0.25) is 14.9 Å². The number of nitrogens with one attached hydrogen (secondary N) is 1. The molecule has 100 valence electrons. The SMILES string of the molecule is CCn1cc([N+](=O)[O-])cc1C(=O)NCCC(C)O. The molecule has 1 aromatic rings. The Balaban J connectivity index is 2.75. The molecule has 7 nitrogen and oxygen atoms in total. The van der Waals surface area contributed by atoms with E-state index >= 15 is 0 Å². The molecule has 1 unspecified atom stereocenters. The number of rotatable bonds is 6. The van der Waals surface area contributed by atoms with Crippen LogP contribution in [0.5, 0.6) is 0 Å². The fraction of sp³-hybridized carbons (Fsp3) is 0.545. The minimum Gasteiger partial charge on any atom is -0.393 e. The summed E-state index contributed by atoms with van der Waals surface area (Å²) in [5.41, 5.74) is 0.160. The Morgan fingerprint density at radius 2 is 2.33 bits per heavy atom. The van der Waals surface area contributed by atoms with Crippen molar-refractivity contribution < 1.29 is 14.8 Å². The first kappa shape index (κ1) is 14.2. The molecule has 0 saturated heterocycles. The quantitative estimate of drug-likeness (QED) is 0.583. The third kappa shape index (κ3) is 3.56. The Morgan fingerprint density at radius 3 is 2.83 bits per heavy atom. The van der Waals surface area contributed by atoms with Gasteiger partial charge in [0.25, 0.3) is 11.6 Å². The molecule has 2 N–H and O–H groups in total. The minimum atomic E-state index is -0.529. The van der Waals surface area contributed by atoms with E-state index in [2.05, 4.69) is 5.32 Å². The van der Waals surface area contributed by atoms with Gasteiger partial charge >= 0.3 is 0 Å². The van der Waals surface area contributed by atoms with E-state index in [9.17, 15) is 14.9 Å². The number of carbonyl (C=O) groups is 1. The van der Waals surface area contributed by atoms with Crippen LogP contribution in [0.15, 0.2) is 12.3 Å². The molecule has 1 atom stereocenters. The zero-order chi connectivity index (χ0) is 13.7. The van der Waals surface area contributed by atoms with Crippen LogP contribution in [0.4, 0.5) is 5.69 Å². The Kier molecular flexibility index (Phi) is 4.85. The summed E-state index contributed by atoms with van der Waals surface area (Å²) in [7, 11) is 0. The van der Waals surface area contributed by atoms with Gasteiger partial charge in [-0.05, 0) is 20.3 Å². The van der Waals surface area contributed by atoms with Crippen molar-refractivity contribution >= 4 is 11.6 Å². The molecule has 0 aliphatic carbocycles. The second kappa shape index (κ2) is 6.15. The average Bonchev–Trinajstić information content (AvgIpc) is 2.72. The van der Waals surface area contributed by atoms with Crippen LogP contribution in [0.1, 0.15) is 30.8 Å². The monoisotopic (exact) mass is 255 g/mol. The normalized spacial score (nSPS) is 12.2. The van der Waals surface area contributed by atoms with Crippen molar-refractivity contribution in [1.29, 1.82) is 0 Å². The summed E-state index contributed by atoms with van der Waals surface area (Å²) >= 11 is 0. The van der Waals surface area contributed by atoms with E-state index in [4.69, 9.17) is 5.11 Å². The van der Waals surface area contributed by atoms with E-state index in [-0.39, 0.29) is 17.3 Å². The van der Waals surface area contributed by atoms with Gasteiger partial charge < -0.3 is 15.0 Å². The fourth-order valence-electron chi connectivity index (χ4n) is 1.53. The molecular weight excluding hydrogens is 238 g/mol. The van der Waals surface area contributed by atoms with Gasteiger partial charge in [-0.2, -0.15) is 0 Å². The number of carbonyl (C=O) groups excluding carboxylic acids is 1. The highest BCUT2D eigenvalue weighted by Gasteiger charge is 2.18. The van der Waals surface area contributed by atoms with Gasteiger partial charge in [0, 0.05) is 19.2 Å². The smallest absolute Gasteiger partial charge is 0.287 e. The number of hydrogen-bond donors (Lipinski definition) is 2. The Bertz CT molecular complexity index is 439. The maximum atomic E-state index is 11.8. The van der Waals surface area contributed by atoms with Gasteiger partial charge in [0.05, 0.1) is 17.2 Å². The van der Waals surface area contributed by atoms with Crippen molar-refractivity contribution in [3.8, 4) is 0 Å². The molecule has 0 fully saturated rings. The number of aliphatic hydroxyl groups excluding tert-OH is 1. The standard InChI is InChI=1S/C11H17N3O4/c1-3-13-7-9(14(17)18)6-10(13)11(16)12-5-4-8(2)15/h6-8,15H,3-5H2,1-2H3,(H,12,16). The first-order valence-electron chi connectivity index (χ1n) is 5.76. The molecule has 1 heterocycles. The fourth-order valence-corrected chi connectivity index (χ4v) is 1.53. The Hall–Kier alpha value is -1.89. The van der Waals surface area contributed by atoms with Crippen molar-refractivity contribution in [2.45, 2.75) is 32.9 Å². The van der Waals surface area contributed by atoms with Crippen molar-refractivity contribution in [3.63, 3.8) is 0 Å². The number of amides is 1. The first-order valence-corrected chi connectivity index (χ1v) is 5.76. The van der Waals surface area contributed by atoms with E-state index in [1.54, 1.807) is 13.8 Å². The van der Waals surface area contributed by atoms with Crippen LogP contribution in [-0.2, 0) is 6.54 Å². The van der Waals surface area contributed by atoms with Crippen LogP contribution < -0.4 is 5.32 Å². The minimum absolute atomic E-state index is 0.0995. The highest BCUT2D eigenvalue weighted by Crippen LogP contribution is 2.16. The van der Waals surface area contributed by atoms with Crippen LogP contribution in [0.3, 0.4) is 0 Å². The molecule has 1 amide bonds.